The molecule has 0 aromatic heterocycles. The molecule has 5 nitrogen and oxygen atoms in total. The van der Waals surface area contributed by atoms with E-state index in [4.69, 9.17) is 4.84 Å². The van der Waals surface area contributed by atoms with Gasteiger partial charge in [-0.25, -0.2) is 0 Å². The Labute approximate surface area is 122 Å². The summed E-state index contributed by atoms with van der Waals surface area (Å²) in [4.78, 5) is 15.0. The number of rotatable bonds is 3. The summed E-state index contributed by atoms with van der Waals surface area (Å²) in [6, 6.07) is 15.5. The number of hydrogen-bond acceptors (Lipinski definition) is 4. The van der Waals surface area contributed by atoms with Gasteiger partial charge in [-0.1, -0.05) is 29.3 Å². The number of non-ortho nitro benzene ring substituents is 1. The van der Waals surface area contributed by atoms with Crippen LogP contribution in [0.25, 0.3) is 0 Å². The molecule has 0 aliphatic rings. The van der Waals surface area contributed by atoms with E-state index in [0.717, 1.165) is 5.56 Å². The van der Waals surface area contributed by atoms with Crippen LogP contribution >= 0.6 is 0 Å². The molecular formula is C16H12N2O3. The highest BCUT2D eigenvalue weighted by molar-refractivity contribution is 6.13. The number of nitrogens with zero attached hydrogens (tertiary/aromatic N) is 2. The molecular weight excluding hydrogens is 268 g/mol. The third kappa shape index (κ3) is 3.91. The van der Waals surface area contributed by atoms with Gasteiger partial charge in [-0.05, 0) is 30.2 Å². The van der Waals surface area contributed by atoms with Gasteiger partial charge in [-0.15, -0.1) is 0 Å². The summed E-state index contributed by atoms with van der Waals surface area (Å²) in [5.41, 5.74) is 1.94. The number of oxime groups is 1. The highest BCUT2D eigenvalue weighted by Gasteiger charge is 2.07. The van der Waals surface area contributed by atoms with Gasteiger partial charge in [0.15, 0.2) is 5.71 Å². The average molecular weight is 280 g/mol. The molecule has 0 bridgehead atoms. The summed E-state index contributed by atoms with van der Waals surface area (Å²) in [6.07, 6.45) is 0. The van der Waals surface area contributed by atoms with Crippen LogP contribution in [0.5, 0.6) is 0 Å². The SMILES string of the molecule is CO/N=C(\C#Cc1ccccc1)c1ccc([N+](=O)[O-])cc1. The van der Waals surface area contributed by atoms with Crippen molar-refractivity contribution in [3.05, 3.63) is 75.8 Å². The second-order valence-corrected chi connectivity index (χ2v) is 4.04. The molecule has 0 N–H and O–H groups in total. The van der Waals surface area contributed by atoms with Gasteiger partial charge in [0, 0.05) is 23.3 Å². The molecule has 0 heterocycles. The minimum absolute atomic E-state index is 0.0199. The molecule has 0 spiro atoms. The molecule has 2 aromatic carbocycles. The lowest BCUT2D eigenvalue weighted by atomic mass is 10.1. The zero-order valence-corrected chi connectivity index (χ0v) is 11.3. The number of nitro benzene ring substituents is 1. The largest absolute Gasteiger partial charge is 0.398 e. The Bertz CT molecular complexity index is 711. The van der Waals surface area contributed by atoms with E-state index in [9.17, 15) is 10.1 Å². The first-order valence-corrected chi connectivity index (χ1v) is 6.14. The van der Waals surface area contributed by atoms with Crippen molar-refractivity contribution in [2.75, 3.05) is 7.11 Å². The van der Waals surface area contributed by atoms with E-state index in [-0.39, 0.29) is 5.69 Å². The fourth-order valence-electron chi connectivity index (χ4n) is 1.63. The zero-order valence-electron chi connectivity index (χ0n) is 11.3. The van der Waals surface area contributed by atoms with Crippen LogP contribution in [0.4, 0.5) is 5.69 Å². The minimum Gasteiger partial charge on any atom is -0.398 e. The van der Waals surface area contributed by atoms with Crippen LogP contribution in [0.15, 0.2) is 59.8 Å². The third-order valence-corrected chi connectivity index (χ3v) is 2.63. The molecule has 0 amide bonds. The van der Waals surface area contributed by atoms with E-state index in [1.807, 2.05) is 30.3 Å². The predicted molar refractivity (Wildman–Crippen MR) is 80.0 cm³/mol. The zero-order chi connectivity index (χ0) is 15.1. The summed E-state index contributed by atoms with van der Waals surface area (Å²) in [6.45, 7) is 0. The molecule has 0 saturated carbocycles. The van der Waals surface area contributed by atoms with Crippen LogP contribution in [-0.2, 0) is 4.84 Å². The Morgan fingerprint density at radius 3 is 2.38 bits per heavy atom. The fraction of sp³-hybridized carbons (Fsp3) is 0.0625. The molecule has 2 rings (SSSR count). The Kier molecular flexibility index (Phi) is 4.67. The second kappa shape index (κ2) is 6.87. The molecule has 0 aliphatic heterocycles. The third-order valence-electron chi connectivity index (χ3n) is 2.63. The maximum absolute atomic E-state index is 10.6. The van der Waals surface area contributed by atoms with Crippen molar-refractivity contribution in [1.29, 1.82) is 0 Å². The van der Waals surface area contributed by atoms with E-state index in [1.54, 1.807) is 12.1 Å². The fourth-order valence-corrected chi connectivity index (χ4v) is 1.63. The number of nitro groups is 1. The van der Waals surface area contributed by atoms with Crippen molar-refractivity contribution >= 4 is 11.4 Å². The molecule has 0 saturated heterocycles. The second-order valence-electron chi connectivity index (χ2n) is 4.04. The predicted octanol–water partition coefficient (Wildman–Crippen LogP) is 3.00. The lowest BCUT2D eigenvalue weighted by Gasteiger charge is -1.98. The van der Waals surface area contributed by atoms with Crippen LogP contribution in [0.3, 0.4) is 0 Å². The normalized spacial score (nSPS) is 10.4. The highest BCUT2D eigenvalue weighted by Crippen LogP contribution is 2.12. The Hall–Kier alpha value is -3.13. The van der Waals surface area contributed by atoms with Crippen molar-refractivity contribution in [3.8, 4) is 11.8 Å². The van der Waals surface area contributed by atoms with E-state index in [2.05, 4.69) is 17.0 Å². The van der Waals surface area contributed by atoms with Crippen LogP contribution in [-0.4, -0.2) is 17.7 Å². The molecule has 2 aromatic rings. The van der Waals surface area contributed by atoms with Gasteiger partial charge < -0.3 is 4.84 Å². The smallest absolute Gasteiger partial charge is 0.269 e. The van der Waals surface area contributed by atoms with E-state index < -0.39 is 4.92 Å². The van der Waals surface area contributed by atoms with Gasteiger partial charge in [-0.2, -0.15) is 0 Å². The topological polar surface area (TPSA) is 64.7 Å². The van der Waals surface area contributed by atoms with Gasteiger partial charge in [0.05, 0.1) is 4.92 Å². The summed E-state index contributed by atoms with van der Waals surface area (Å²) < 4.78 is 0. The Morgan fingerprint density at radius 1 is 1.14 bits per heavy atom. The summed E-state index contributed by atoms with van der Waals surface area (Å²) >= 11 is 0. The number of hydrogen-bond donors (Lipinski definition) is 0. The summed E-state index contributed by atoms with van der Waals surface area (Å²) in [5, 5.41) is 14.5. The Morgan fingerprint density at radius 2 is 1.81 bits per heavy atom. The van der Waals surface area contributed by atoms with Crippen molar-refractivity contribution < 1.29 is 9.76 Å². The first-order valence-electron chi connectivity index (χ1n) is 6.14. The molecule has 5 heteroatoms. The lowest BCUT2D eigenvalue weighted by molar-refractivity contribution is -0.384. The van der Waals surface area contributed by atoms with Gasteiger partial charge in [0.1, 0.15) is 7.11 Å². The van der Waals surface area contributed by atoms with Crippen LogP contribution in [0.1, 0.15) is 11.1 Å². The lowest BCUT2D eigenvalue weighted by Crippen LogP contribution is -1.99. The maximum Gasteiger partial charge on any atom is 0.269 e. The monoisotopic (exact) mass is 280 g/mol. The van der Waals surface area contributed by atoms with Crippen molar-refractivity contribution in [2.24, 2.45) is 5.16 Å². The quantitative estimate of drug-likeness (QED) is 0.376. The molecule has 0 atom stereocenters. The van der Waals surface area contributed by atoms with Crippen LogP contribution in [0.2, 0.25) is 0 Å². The number of benzene rings is 2. The van der Waals surface area contributed by atoms with Crippen LogP contribution in [0, 0.1) is 22.0 Å². The first kappa shape index (κ1) is 14.3. The van der Waals surface area contributed by atoms with Gasteiger partial charge in [0.2, 0.25) is 0 Å². The van der Waals surface area contributed by atoms with Crippen LogP contribution < -0.4 is 0 Å². The summed E-state index contributed by atoms with van der Waals surface area (Å²) in [7, 11) is 1.43. The molecule has 0 unspecified atom stereocenters. The van der Waals surface area contributed by atoms with Gasteiger partial charge in [0.25, 0.3) is 5.69 Å². The maximum atomic E-state index is 10.6. The first-order chi connectivity index (χ1) is 10.2. The Balaban J connectivity index is 2.30. The van der Waals surface area contributed by atoms with E-state index >= 15 is 0 Å². The van der Waals surface area contributed by atoms with Gasteiger partial charge in [-0.3, -0.25) is 10.1 Å². The molecule has 0 fully saturated rings. The van der Waals surface area contributed by atoms with Gasteiger partial charge >= 0.3 is 0 Å². The average Bonchev–Trinajstić information content (AvgIpc) is 2.52. The van der Waals surface area contributed by atoms with Crippen molar-refractivity contribution in [3.63, 3.8) is 0 Å². The highest BCUT2D eigenvalue weighted by atomic mass is 16.6. The van der Waals surface area contributed by atoms with Crippen molar-refractivity contribution in [2.45, 2.75) is 0 Å². The molecule has 0 aliphatic carbocycles. The molecule has 21 heavy (non-hydrogen) atoms. The standard InChI is InChI=1S/C16H12N2O3/c1-21-17-16(12-7-13-5-3-2-4-6-13)14-8-10-15(11-9-14)18(19)20/h2-6,8-11H,1H3/b17-16+. The minimum atomic E-state index is -0.452. The van der Waals surface area contributed by atoms with E-state index in [0.29, 0.717) is 11.3 Å². The van der Waals surface area contributed by atoms with E-state index in [1.165, 1.54) is 19.2 Å². The summed E-state index contributed by atoms with van der Waals surface area (Å²) in [5.74, 6) is 5.88. The van der Waals surface area contributed by atoms with Crippen molar-refractivity contribution in [1.82, 2.24) is 0 Å². The molecule has 0 radical (unpaired) electrons. The molecule has 104 valence electrons.